The van der Waals surface area contributed by atoms with E-state index in [2.05, 4.69) is 31.8 Å². The Balaban J connectivity index is 1.32. The van der Waals surface area contributed by atoms with Gasteiger partial charge in [0.2, 0.25) is 6.41 Å². The summed E-state index contributed by atoms with van der Waals surface area (Å²) >= 11 is 6.59. The summed E-state index contributed by atoms with van der Waals surface area (Å²) in [6, 6.07) is 22.6. The summed E-state index contributed by atoms with van der Waals surface area (Å²) in [5.41, 5.74) is 7.44. The van der Waals surface area contributed by atoms with Crippen LogP contribution in [0.3, 0.4) is 0 Å². The monoisotopic (exact) mass is 587 g/mol. The molecule has 0 unspecified atom stereocenters. The number of fused-ring (bicyclic) bond motifs is 1. The average molecular weight is 588 g/mol. The van der Waals surface area contributed by atoms with Crippen LogP contribution in [0.5, 0.6) is 5.75 Å². The molecule has 1 aromatic heterocycles. The smallest absolute Gasteiger partial charge is 0.270 e. The van der Waals surface area contributed by atoms with Gasteiger partial charge in [0.15, 0.2) is 0 Å². The lowest BCUT2D eigenvalue weighted by molar-refractivity contribution is -0.106. The van der Waals surface area contributed by atoms with Gasteiger partial charge >= 0.3 is 0 Å². The van der Waals surface area contributed by atoms with Gasteiger partial charge in [-0.1, -0.05) is 67.1 Å². The van der Waals surface area contributed by atoms with Crippen LogP contribution in [-0.4, -0.2) is 24.8 Å². The molecule has 1 N–H and O–H groups in total. The second-order valence-electron chi connectivity index (χ2n) is 9.83. The molecule has 0 saturated carbocycles. The Morgan fingerprint density at radius 3 is 2.39 bits per heavy atom. The maximum Gasteiger partial charge on any atom is 0.270 e. The van der Waals surface area contributed by atoms with E-state index in [1.165, 1.54) is 34.9 Å². The zero-order chi connectivity index (χ0) is 29.1. The molecule has 5 aromatic rings. The van der Waals surface area contributed by atoms with E-state index in [4.69, 9.17) is 21.3 Å². The van der Waals surface area contributed by atoms with Crippen LogP contribution in [0.4, 0.5) is 5.69 Å². The number of carbonyl (C=O) groups excluding carboxylic acids is 1. The highest BCUT2D eigenvalue weighted by Crippen LogP contribution is 2.33. The number of H-pyrrole nitrogens is 1. The first-order chi connectivity index (χ1) is 19.7. The van der Waals surface area contributed by atoms with Crippen LogP contribution in [0, 0.1) is 13.8 Å². The number of rotatable bonds is 10. The van der Waals surface area contributed by atoms with E-state index >= 15 is 0 Å². The zero-order valence-corrected chi connectivity index (χ0v) is 24.6. The third-order valence-electron chi connectivity index (χ3n) is 7.07. The van der Waals surface area contributed by atoms with Crippen molar-refractivity contribution in [3.05, 3.63) is 118 Å². The first-order valence-electron chi connectivity index (χ1n) is 13.2. The largest absolute Gasteiger partial charge is 0.489 e. The predicted octanol–water partition coefficient (Wildman–Crippen LogP) is 6.92. The molecule has 0 aliphatic heterocycles. The summed E-state index contributed by atoms with van der Waals surface area (Å²) in [4.78, 5) is 20.2. The highest BCUT2D eigenvalue weighted by atomic mass is 35.5. The Bertz CT molecular complexity index is 1820. The number of nitrogens with zero attached hydrogens (tertiary/aromatic N) is 2. The van der Waals surface area contributed by atoms with Gasteiger partial charge in [0.1, 0.15) is 18.2 Å². The molecule has 0 saturated heterocycles. The molecular weight excluding hydrogens is 558 g/mol. The topological polar surface area (TPSA) is 92.4 Å². The second kappa shape index (κ2) is 11.8. The van der Waals surface area contributed by atoms with E-state index in [1.807, 2.05) is 24.3 Å². The highest BCUT2D eigenvalue weighted by Gasteiger charge is 2.27. The number of halogens is 1. The van der Waals surface area contributed by atoms with Crippen LogP contribution in [0.1, 0.15) is 40.6 Å². The number of sulfonamides is 1. The Kier molecular flexibility index (Phi) is 8.15. The molecule has 0 bridgehead atoms. The van der Waals surface area contributed by atoms with Crippen molar-refractivity contribution in [2.24, 2.45) is 0 Å². The number of amides is 1. The molecule has 1 heterocycles. The summed E-state index contributed by atoms with van der Waals surface area (Å²) < 4.78 is 32.8. The number of aromatic nitrogens is 2. The Hall–Kier alpha value is -4.14. The van der Waals surface area contributed by atoms with E-state index in [-0.39, 0.29) is 28.6 Å². The average Bonchev–Trinajstić information content (AvgIpc) is 3.42. The van der Waals surface area contributed by atoms with Gasteiger partial charge in [-0.25, -0.2) is 17.7 Å². The van der Waals surface area contributed by atoms with Crippen molar-refractivity contribution < 1.29 is 17.9 Å². The minimum atomic E-state index is -4.13. The number of aryl methyl sites for hydroxylation is 3. The quantitative estimate of drug-likeness (QED) is 0.179. The van der Waals surface area contributed by atoms with E-state index in [0.29, 0.717) is 15.6 Å². The van der Waals surface area contributed by atoms with Crippen LogP contribution in [0.25, 0.3) is 11.0 Å². The first kappa shape index (κ1) is 28.4. The van der Waals surface area contributed by atoms with E-state index in [1.54, 1.807) is 30.3 Å². The van der Waals surface area contributed by atoms with E-state index < -0.39 is 10.0 Å². The standard InChI is InChI=1S/C32H30ClN3O4S/c1-4-29-34-31-22(3)17-21(2)27(32(31)35-29)18-23-13-15-25(16-14-23)40-19-24-9-8-12-28(30(24)33)36(20-37)41(38,39)26-10-6-5-7-11-26/h5-17,20H,4,18-19H2,1-3H3,(H,34,35). The molecule has 0 spiro atoms. The van der Waals surface area contributed by atoms with Crippen molar-refractivity contribution >= 4 is 44.8 Å². The molecule has 0 fully saturated rings. The number of benzene rings is 4. The normalized spacial score (nSPS) is 11.5. The summed E-state index contributed by atoms with van der Waals surface area (Å²) in [5, 5.41) is 0.125. The lowest BCUT2D eigenvalue weighted by Gasteiger charge is -2.20. The van der Waals surface area contributed by atoms with Gasteiger partial charge in [-0.2, -0.15) is 0 Å². The summed E-state index contributed by atoms with van der Waals surface area (Å²) in [7, 11) is -4.13. The van der Waals surface area contributed by atoms with Crippen molar-refractivity contribution in [2.75, 3.05) is 4.31 Å². The van der Waals surface area contributed by atoms with Gasteiger partial charge in [0.05, 0.1) is 26.6 Å². The molecule has 0 aliphatic rings. The predicted molar refractivity (Wildman–Crippen MR) is 162 cm³/mol. The Morgan fingerprint density at radius 2 is 1.71 bits per heavy atom. The first-order valence-corrected chi connectivity index (χ1v) is 15.1. The van der Waals surface area contributed by atoms with Crippen LogP contribution >= 0.6 is 11.6 Å². The van der Waals surface area contributed by atoms with Gasteiger partial charge in [-0.3, -0.25) is 4.79 Å². The van der Waals surface area contributed by atoms with Crippen LogP contribution < -0.4 is 9.04 Å². The van der Waals surface area contributed by atoms with Gasteiger partial charge in [-0.15, -0.1) is 0 Å². The van der Waals surface area contributed by atoms with Gasteiger partial charge in [0.25, 0.3) is 10.0 Å². The molecular formula is C32H30ClN3O4S. The third-order valence-corrected chi connectivity index (χ3v) is 9.17. The van der Waals surface area contributed by atoms with Gasteiger partial charge in [-0.05, 0) is 72.9 Å². The number of nitrogens with one attached hydrogen (secondary N) is 1. The molecule has 0 aliphatic carbocycles. The summed E-state index contributed by atoms with van der Waals surface area (Å²) in [5.74, 6) is 1.62. The Labute approximate surface area is 244 Å². The molecule has 1 amide bonds. The second-order valence-corrected chi connectivity index (χ2v) is 12.0. The number of aromatic amines is 1. The van der Waals surface area contributed by atoms with Crippen molar-refractivity contribution in [2.45, 2.75) is 45.1 Å². The van der Waals surface area contributed by atoms with Crippen LogP contribution in [0.2, 0.25) is 5.02 Å². The minimum absolute atomic E-state index is 0.00966. The lowest BCUT2D eigenvalue weighted by atomic mass is 9.97. The molecule has 5 rings (SSSR count). The molecule has 210 valence electrons. The van der Waals surface area contributed by atoms with Gasteiger partial charge in [0, 0.05) is 12.0 Å². The third kappa shape index (κ3) is 5.71. The molecule has 4 aromatic carbocycles. The molecule has 0 radical (unpaired) electrons. The number of imidazole rings is 1. The lowest BCUT2D eigenvalue weighted by Crippen LogP contribution is -2.30. The fourth-order valence-corrected chi connectivity index (χ4v) is 6.43. The van der Waals surface area contributed by atoms with Crippen molar-refractivity contribution in [3.63, 3.8) is 0 Å². The number of carbonyl (C=O) groups is 1. The number of hydrogen-bond acceptors (Lipinski definition) is 5. The van der Waals surface area contributed by atoms with E-state index in [0.717, 1.165) is 35.3 Å². The Morgan fingerprint density at radius 1 is 0.976 bits per heavy atom. The number of anilines is 1. The highest BCUT2D eigenvalue weighted by molar-refractivity contribution is 7.93. The molecule has 7 nitrogen and oxygen atoms in total. The summed E-state index contributed by atoms with van der Waals surface area (Å²) in [6.45, 7) is 6.40. The van der Waals surface area contributed by atoms with Crippen molar-refractivity contribution in [1.29, 1.82) is 0 Å². The zero-order valence-electron chi connectivity index (χ0n) is 23.0. The van der Waals surface area contributed by atoms with Crippen molar-refractivity contribution in [1.82, 2.24) is 9.97 Å². The maximum absolute atomic E-state index is 13.1. The van der Waals surface area contributed by atoms with Crippen molar-refractivity contribution in [3.8, 4) is 5.75 Å². The SMILES string of the molecule is CCc1nc2c(Cc3ccc(OCc4cccc(N(C=O)S(=O)(=O)c5ccccc5)c4Cl)cc3)c(C)cc(C)c2[nH]1. The summed E-state index contributed by atoms with van der Waals surface area (Å²) in [6.07, 6.45) is 1.84. The van der Waals surface area contributed by atoms with Crippen LogP contribution in [-0.2, 0) is 34.3 Å². The fraction of sp³-hybridized carbons (Fsp3) is 0.188. The minimum Gasteiger partial charge on any atom is -0.489 e. The number of hydrogen-bond donors (Lipinski definition) is 1. The number of ether oxygens (including phenoxy) is 1. The van der Waals surface area contributed by atoms with Gasteiger partial charge < -0.3 is 9.72 Å². The fourth-order valence-electron chi connectivity index (χ4n) is 4.85. The maximum atomic E-state index is 13.1. The molecule has 0 atom stereocenters. The van der Waals surface area contributed by atoms with Crippen LogP contribution in [0.15, 0.2) is 83.8 Å². The van der Waals surface area contributed by atoms with E-state index in [9.17, 15) is 13.2 Å². The molecule has 9 heteroatoms. The molecule has 41 heavy (non-hydrogen) atoms.